The lowest BCUT2D eigenvalue weighted by Crippen LogP contribution is -2.57. The number of fused-ring (bicyclic) bond motifs is 6. The van der Waals surface area contributed by atoms with Gasteiger partial charge in [0.1, 0.15) is 5.75 Å². The number of halogens is 2. The van der Waals surface area contributed by atoms with Gasteiger partial charge >= 0.3 is 5.72 Å². The highest BCUT2D eigenvalue weighted by Gasteiger charge is 2.63. The minimum atomic E-state index is -1.41. The molecular formula is C31H23BrClN3O2. The number of ether oxygens (including phenoxy) is 1. The molecule has 0 fully saturated rings. The van der Waals surface area contributed by atoms with Gasteiger partial charge in [-0.05, 0) is 60.5 Å². The molecule has 0 N–H and O–H groups in total. The second-order valence-corrected chi connectivity index (χ2v) is 11.3. The third-order valence-electron chi connectivity index (χ3n) is 7.53. The summed E-state index contributed by atoms with van der Waals surface area (Å²) in [5.41, 5.74) is 5.24. The van der Waals surface area contributed by atoms with Gasteiger partial charge in [-0.3, -0.25) is 4.79 Å². The fraction of sp³-hybridized carbons (Fsp3) is 0.161. The Bertz CT molecular complexity index is 1620. The maximum absolute atomic E-state index is 14.6. The van der Waals surface area contributed by atoms with E-state index in [2.05, 4.69) is 28.1 Å². The maximum atomic E-state index is 14.6. The molecule has 1 spiro atoms. The van der Waals surface area contributed by atoms with Crippen LogP contribution in [-0.4, -0.2) is 16.6 Å². The van der Waals surface area contributed by atoms with E-state index in [1.807, 2.05) is 95.7 Å². The van der Waals surface area contributed by atoms with Crippen molar-refractivity contribution in [1.82, 2.24) is 5.01 Å². The summed E-state index contributed by atoms with van der Waals surface area (Å²) in [6.45, 7) is 2.48. The molecule has 0 aromatic heterocycles. The van der Waals surface area contributed by atoms with Gasteiger partial charge in [0.15, 0.2) is 0 Å². The Balaban J connectivity index is 1.43. The van der Waals surface area contributed by atoms with Crippen LogP contribution in [0.5, 0.6) is 5.75 Å². The number of carbonyl (C=O) groups excluding carboxylic acids is 1. The highest BCUT2D eigenvalue weighted by molar-refractivity contribution is 9.10. The number of aryl methyl sites for hydroxylation is 1. The monoisotopic (exact) mass is 583 g/mol. The van der Waals surface area contributed by atoms with Gasteiger partial charge in [-0.1, -0.05) is 81.6 Å². The van der Waals surface area contributed by atoms with Crippen LogP contribution in [0, 0.1) is 6.92 Å². The van der Waals surface area contributed by atoms with Crippen molar-refractivity contribution in [1.29, 1.82) is 0 Å². The average molecular weight is 585 g/mol. The zero-order chi connectivity index (χ0) is 26.0. The van der Waals surface area contributed by atoms with Crippen molar-refractivity contribution in [3.05, 3.63) is 128 Å². The fourth-order valence-electron chi connectivity index (χ4n) is 5.75. The summed E-state index contributed by atoms with van der Waals surface area (Å²) >= 11 is 9.79. The molecule has 3 heterocycles. The third-order valence-corrected chi connectivity index (χ3v) is 8.27. The van der Waals surface area contributed by atoms with E-state index < -0.39 is 5.72 Å². The molecule has 0 saturated carbocycles. The lowest BCUT2D eigenvalue weighted by molar-refractivity contribution is -0.164. The number of hydrogen-bond donors (Lipinski definition) is 0. The molecule has 0 aliphatic carbocycles. The quantitative estimate of drug-likeness (QED) is 0.253. The molecule has 188 valence electrons. The first-order chi connectivity index (χ1) is 18.4. The first-order valence-corrected chi connectivity index (χ1v) is 13.7. The number of nitrogens with zero attached hydrogens (tertiary/aromatic N) is 3. The Kier molecular flexibility index (Phi) is 5.39. The van der Waals surface area contributed by atoms with E-state index in [1.165, 1.54) is 0 Å². The number of hydrogen-bond acceptors (Lipinski definition) is 4. The highest BCUT2D eigenvalue weighted by atomic mass is 79.9. The van der Waals surface area contributed by atoms with Gasteiger partial charge in [0.25, 0.3) is 5.91 Å². The van der Waals surface area contributed by atoms with Crippen LogP contribution in [0.4, 0.5) is 5.69 Å². The predicted molar refractivity (Wildman–Crippen MR) is 152 cm³/mol. The molecule has 7 rings (SSSR count). The Morgan fingerprint density at radius 2 is 1.82 bits per heavy atom. The normalized spacial score (nSPS) is 21.2. The summed E-state index contributed by atoms with van der Waals surface area (Å²) in [6.07, 6.45) is 0.642. The van der Waals surface area contributed by atoms with E-state index in [9.17, 15) is 4.79 Å². The molecule has 2 unspecified atom stereocenters. The Labute approximate surface area is 234 Å². The van der Waals surface area contributed by atoms with Gasteiger partial charge in [-0.15, -0.1) is 0 Å². The van der Waals surface area contributed by atoms with Crippen LogP contribution in [0.3, 0.4) is 0 Å². The zero-order valence-electron chi connectivity index (χ0n) is 20.6. The minimum absolute atomic E-state index is 0.137. The highest BCUT2D eigenvalue weighted by Crippen LogP contribution is 2.56. The molecule has 1 amide bonds. The van der Waals surface area contributed by atoms with Gasteiger partial charge in [0.2, 0.25) is 0 Å². The van der Waals surface area contributed by atoms with Crippen LogP contribution in [0.15, 0.2) is 101 Å². The van der Waals surface area contributed by atoms with Gasteiger partial charge < -0.3 is 9.64 Å². The number of anilines is 1. The molecule has 0 saturated heterocycles. The number of amides is 1. The van der Waals surface area contributed by atoms with E-state index >= 15 is 0 Å². The number of benzene rings is 4. The van der Waals surface area contributed by atoms with Crippen molar-refractivity contribution in [3.8, 4) is 5.75 Å². The van der Waals surface area contributed by atoms with Crippen molar-refractivity contribution >= 4 is 44.8 Å². The van der Waals surface area contributed by atoms with Crippen LogP contribution in [-0.2, 0) is 17.1 Å². The van der Waals surface area contributed by atoms with E-state index in [0.29, 0.717) is 23.7 Å². The van der Waals surface area contributed by atoms with Gasteiger partial charge in [-0.2, -0.15) is 5.10 Å². The molecule has 0 radical (unpaired) electrons. The first-order valence-electron chi connectivity index (χ1n) is 12.5. The summed E-state index contributed by atoms with van der Waals surface area (Å²) in [7, 11) is 0. The molecular weight excluding hydrogens is 562 g/mol. The van der Waals surface area contributed by atoms with Crippen LogP contribution < -0.4 is 9.64 Å². The molecule has 38 heavy (non-hydrogen) atoms. The molecule has 3 aliphatic rings. The van der Waals surface area contributed by atoms with Crippen LogP contribution in [0.2, 0.25) is 5.02 Å². The average Bonchev–Trinajstić information content (AvgIpc) is 3.46. The van der Waals surface area contributed by atoms with Crippen molar-refractivity contribution < 1.29 is 9.53 Å². The maximum Gasteiger partial charge on any atom is 0.306 e. The summed E-state index contributed by atoms with van der Waals surface area (Å²) in [5.74, 6) is 0.561. The standard InChI is InChI=1S/C31H23BrClN3O2/c1-19-7-13-27-25(15-19)31(30(37)35(27)18-20-5-3-2-4-6-20)36-28(24-16-22(32)10-14-29(24)38-31)17-26(34-36)21-8-11-23(33)12-9-21/h2-16,28H,17-18H2,1H3. The van der Waals surface area contributed by atoms with Crippen LogP contribution >= 0.6 is 27.5 Å². The lowest BCUT2D eigenvalue weighted by atomic mass is 9.92. The molecule has 3 aliphatic heterocycles. The SMILES string of the molecule is Cc1ccc2c(c1)C1(Oc3ccc(Br)cc3C3CC(c4ccc(Cl)cc4)=NN31)C(=O)N2Cc1ccccc1. The van der Waals surface area contributed by atoms with E-state index in [4.69, 9.17) is 21.4 Å². The van der Waals surface area contributed by atoms with Crippen molar-refractivity contribution in [3.63, 3.8) is 0 Å². The van der Waals surface area contributed by atoms with Crippen LogP contribution in [0.25, 0.3) is 0 Å². The molecule has 0 bridgehead atoms. The summed E-state index contributed by atoms with van der Waals surface area (Å²) in [5, 5.41) is 7.69. The topological polar surface area (TPSA) is 45.1 Å². The van der Waals surface area contributed by atoms with Crippen molar-refractivity contribution in [2.24, 2.45) is 5.10 Å². The van der Waals surface area contributed by atoms with Crippen molar-refractivity contribution in [2.45, 2.75) is 31.7 Å². The fourth-order valence-corrected chi connectivity index (χ4v) is 6.25. The van der Waals surface area contributed by atoms with Crippen molar-refractivity contribution in [2.75, 3.05) is 4.90 Å². The summed E-state index contributed by atoms with van der Waals surface area (Å²) in [6, 6.07) is 29.7. The second-order valence-electron chi connectivity index (χ2n) is 9.94. The largest absolute Gasteiger partial charge is 0.453 e. The smallest absolute Gasteiger partial charge is 0.306 e. The van der Waals surface area contributed by atoms with E-state index in [0.717, 1.165) is 43.7 Å². The van der Waals surface area contributed by atoms with Crippen LogP contribution in [0.1, 0.15) is 40.3 Å². The van der Waals surface area contributed by atoms with Gasteiger partial charge in [0.05, 0.1) is 29.5 Å². The summed E-state index contributed by atoms with van der Waals surface area (Å²) in [4.78, 5) is 16.5. The lowest BCUT2D eigenvalue weighted by Gasteiger charge is -2.44. The third kappa shape index (κ3) is 3.51. The Morgan fingerprint density at radius 1 is 1.03 bits per heavy atom. The van der Waals surface area contributed by atoms with E-state index in [-0.39, 0.29) is 11.9 Å². The van der Waals surface area contributed by atoms with Gasteiger partial charge in [0, 0.05) is 21.5 Å². The molecule has 5 nitrogen and oxygen atoms in total. The zero-order valence-corrected chi connectivity index (χ0v) is 22.9. The molecule has 7 heteroatoms. The van der Waals surface area contributed by atoms with E-state index in [1.54, 1.807) is 0 Å². The Hall–Kier alpha value is -3.61. The number of carbonyl (C=O) groups is 1. The van der Waals surface area contributed by atoms with Gasteiger partial charge in [-0.25, -0.2) is 5.01 Å². The Morgan fingerprint density at radius 3 is 2.61 bits per heavy atom. The molecule has 4 aromatic rings. The molecule has 2 atom stereocenters. The number of hydrazone groups is 1. The first kappa shape index (κ1) is 23.5. The predicted octanol–water partition coefficient (Wildman–Crippen LogP) is 7.35. The summed E-state index contributed by atoms with van der Waals surface area (Å²) < 4.78 is 7.75. The molecule has 4 aromatic carbocycles. The minimum Gasteiger partial charge on any atom is -0.453 e. The number of rotatable bonds is 3. The second kappa shape index (κ2) is 8.72.